The molecule has 0 bridgehead atoms. The van der Waals surface area contributed by atoms with Gasteiger partial charge in [-0.1, -0.05) is 158 Å². The van der Waals surface area contributed by atoms with Crippen molar-refractivity contribution in [2.24, 2.45) is 0 Å². The minimum Gasteiger partial charge on any atom is -0.308 e. The van der Waals surface area contributed by atoms with Crippen LogP contribution in [0.5, 0.6) is 0 Å². The molecule has 0 aliphatic rings. The van der Waals surface area contributed by atoms with Gasteiger partial charge in [-0.05, 0) is 58.7 Å². The zero-order valence-corrected chi connectivity index (χ0v) is 31.0. The molecule has 0 spiro atoms. The van der Waals surface area contributed by atoms with E-state index >= 15 is 0 Å². The first kappa shape index (κ1) is 32.2. The number of aromatic nitrogens is 4. The molecule has 0 saturated heterocycles. The SMILES string of the molecule is c1ccc(-c2ccc(-c3nc(-c4ccccc4)nc(-c4ccccc4-n4c5ccccc5c5cc6c(cc54)sc4cc(-c5ccccc5)ccc46)n3)cc2)cc1. The normalized spacial score (nSPS) is 11.6. The van der Waals surface area contributed by atoms with Crippen molar-refractivity contribution in [1.82, 2.24) is 19.5 Å². The lowest BCUT2D eigenvalue weighted by molar-refractivity contribution is 1.06. The van der Waals surface area contributed by atoms with Crippen molar-refractivity contribution in [1.29, 1.82) is 0 Å². The molecule has 0 radical (unpaired) electrons. The molecule has 0 N–H and O–H groups in total. The van der Waals surface area contributed by atoms with Crippen LogP contribution in [0.15, 0.2) is 194 Å². The molecule has 262 valence electrons. The van der Waals surface area contributed by atoms with Crippen molar-refractivity contribution in [3.8, 4) is 62.1 Å². The van der Waals surface area contributed by atoms with Crippen molar-refractivity contribution in [2.75, 3.05) is 0 Å². The first-order chi connectivity index (χ1) is 27.7. The van der Waals surface area contributed by atoms with Crippen LogP contribution in [0, 0.1) is 0 Å². The molecular formula is C51H32N4S. The summed E-state index contributed by atoms with van der Waals surface area (Å²) in [5, 5.41) is 4.99. The summed E-state index contributed by atoms with van der Waals surface area (Å²) in [5.74, 6) is 1.89. The van der Waals surface area contributed by atoms with Gasteiger partial charge >= 0.3 is 0 Å². The predicted octanol–water partition coefficient (Wildman–Crippen LogP) is 13.7. The molecule has 4 nitrogen and oxygen atoms in total. The van der Waals surface area contributed by atoms with Crippen LogP contribution in [-0.4, -0.2) is 19.5 Å². The van der Waals surface area contributed by atoms with E-state index in [1.807, 2.05) is 35.6 Å². The van der Waals surface area contributed by atoms with E-state index in [9.17, 15) is 0 Å². The fourth-order valence-electron chi connectivity index (χ4n) is 7.95. The van der Waals surface area contributed by atoms with Crippen LogP contribution >= 0.6 is 11.3 Å². The Bertz CT molecular complexity index is 3220. The number of para-hydroxylation sites is 2. The molecule has 5 heteroatoms. The third-order valence-corrected chi connectivity index (χ3v) is 11.8. The molecule has 0 aliphatic heterocycles. The second-order valence-electron chi connectivity index (χ2n) is 14.0. The lowest BCUT2D eigenvalue weighted by Crippen LogP contribution is -2.03. The molecule has 11 rings (SSSR count). The van der Waals surface area contributed by atoms with E-state index in [2.05, 4.69) is 174 Å². The predicted molar refractivity (Wildman–Crippen MR) is 234 cm³/mol. The number of hydrogen-bond donors (Lipinski definition) is 0. The molecule has 56 heavy (non-hydrogen) atoms. The second-order valence-corrected chi connectivity index (χ2v) is 15.1. The summed E-state index contributed by atoms with van der Waals surface area (Å²) in [6, 6.07) is 68.5. The maximum absolute atomic E-state index is 5.21. The van der Waals surface area contributed by atoms with E-state index in [0.29, 0.717) is 17.5 Å². The molecule has 0 fully saturated rings. The highest BCUT2D eigenvalue weighted by Crippen LogP contribution is 2.43. The van der Waals surface area contributed by atoms with Crippen molar-refractivity contribution < 1.29 is 0 Å². The molecule has 3 aromatic heterocycles. The highest BCUT2D eigenvalue weighted by molar-refractivity contribution is 7.25. The smallest absolute Gasteiger partial charge is 0.166 e. The molecule has 11 aromatic rings. The molecule has 0 aliphatic carbocycles. The second kappa shape index (κ2) is 13.3. The number of rotatable bonds is 6. The lowest BCUT2D eigenvalue weighted by Gasteiger charge is -2.14. The highest BCUT2D eigenvalue weighted by Gasteiger charge is 2.20. The summed E-state index contributed by atoms with van der Waals surface area (Å²) in [5.41, 5.74) is 10.9. The van der Waals surface area contributed by atoms with Crippen LogP contribution in [0.3, 0.4) is 0 Å². The summed E-state index contributed by atoms with van der Waals surface area (Å²) < 4.78 is 4.93. The average Bonchev–Trinajstić information content (AvgIpc) is 3.80. The Hall–Kier alpha value is -7.21. The first-order valence-corrected chi connectivity index (χ1v) is 19.6. The Morgan fingerprint density at radius 2 is 0.839 bits per heavy atom. The number of nitrogens with zero attached hydrogens (tertiary/aromatic N) is 4. The van der Waals surface area contributed by atoms with Gasteiger partial charge in [0.25, 0.3) is 0 Å². The van der Waals surface area contributed by atoms with E-state index in [-0.39, 0.29) is 0 Å². The maximum Gasteiger partial charge on any atom is 0.166 e. The summed E-state index contributed by atoms with van der Waals surface area (Å²) in [6.07, 6.45) is 0. The van der Waals surface area contributed by atoms with E-state index in [0.717, 1.165) is 39.0 Å². The van der Waals surface area contributed by atoms with Gasteiger partial charge in [0.2, 0.25) is 0 Å². The van der Waals surface area contributed by atoms with Gasteiger partial charge < -0.3 is 4.57 Å². The lowest BCUT2D eigenvalue weighted by atomic mass is 10.0. The van der Waals surface area contributed by atoms with E-state index in [1.54, 1.807) is 0 Å². The van der Waals surface area contributed by atoms with Gasteiger partial charge in [0.1, 0.15) is 0 Å². The third-order valence-electron chi connectivity index (χ3n) is 10.7. The molecule has 3 heterocycles. The van der Waals surface area contributed by atoms with Gasteiger partial charge in [0, 0.05) is 47.6 Å². The molecular weight excluding hydrogens is 701 g/mol. The summed E-state index contributed by atoms with van der Waals surface area (Å²) in [4.78, 5) is 15.4. The van der Waals surface area contributed by atoms with Crippen LogP contribution < -0.4 is 0 Å². The van der Waals surface area contributed by atoms with Crippen molar-refractivity contribution in [3.05, 3.63) is 194 Å². The number of benzene rings is 8. The Labute approximate surface area is 327 Å². The topological polar surface area (TPSA) is 43.6 Å². The number of thiophene rings is 1. The first-order valence-electron chi connectivity index (χ1n) is 18.8. The number of hydrogen-bond acceptors (Lipinski definition) is 4. The Kier molecular flexibility index (Phi) is 7.64. The van der Waals surface area contributed by atoms with Crippen molar-refractivity contribution >= 4 is 53.3 Å². The van der Waals surface area contributed by atoms with Crippen LogP contribution in [0.25, 0.3) is 104 Å². The van der Waals surface area contributed by atoms with E-state index in [4.69, 9.17) is 15.0 Å². The molecule has 0 saturated carbocycles. The van der Waals surface area contributed by atoms with Crippen LogP contribution in [0.4, 0.5) is 0 Å². The third kappa shape index (κ3) is 5.48. The van der Waals surface area contributed by atoms with E-state index in [1.165, 1.54) is 47.6 Å². The fraction of sp³-hybridized carbons (Fsp3) is 0. The summed E-state index contributed by atoms with van der Waals surface area (Å²) in [7, 11) is 0. The number of fused-ring (bicyclic) bond motifs is 6. The monoisotopic (exact) mass is 732 g/mol. The van der Waals surface area contributed by atoms with Crippen molar-refractivity contribution in [3.63, 3.8) is 0 Å². The van der Waals surface area contributed by atoms with Gasteiger partial charge in [-0.15, -0.1) is 11.3 Å². The largest absolute Gasteiger partial charge is 0.308 e. The van der Waals surface area contributed by atoms with Gasteiger partial charge in [-0.3, -0.25) is 0 Å². The van der Waals surface area contributed by atoms with Gasteiger partial charge in [-0.25, -0.2) is 15.0 Å². The fourth-order valence-corrected chi connectivity index (χ4v) is 9.11. The zero-order chi connectivity index (χ0) is 37.0. The minimum atomic E-state index is 0.624. The van der Waals surface area contributed by atoms with Crippen LogP contribution in [0.2, 0.25) is 0 Å². The van der Waals surface area contributed by atoms with Crippen LogP contribution in [-0.2, 0) is 0 Å². The standard InChI is InChI=1S/C51H32N4S/c1-4-14-33(15-5-1)35-24-26-37(27-25-35)50-52-49(36-18-8-3-9-19-36)53-51(54-50)41-21-11-13-23-45(41)55-44-22-12-10-20-39(44)42-31-43-40-29-28-38(34-16-6-2-7-17-34)30-47(40)56-48(43)32-46(42)55/h1-32H. The van der Waals surface area contributed by atoms with Gasteiger partial charge in [-0.2, -0.15) is 0 Å². The summed E-state index contributed by atoms with van der Waals surface area (Å²) in [6.45, 7) is 0. The summed E-state index contributed by atoms with van der Waals surface area (Å²) >= 11 is 1.85. The molecule has 8 aromatic carbocycles. The Morgan fingerprint density at radius 1 is 0.321 bits per heavy atom. The average molecular weight is 733 g/mol. The minimum absolute atomic E-state index is 0.624. The van der Waals surface area contributed by atoms with Gasteiger partial charge in [0.05, 0.1) is 16.7 Å². The quantitative estimate of drug-likeness (QED) is 0.171. The highest BCUT2D eigenvalue weighted by atomic mass is 32.1. The molecule has 0 atom stereocenters. The molecule has 0 amide bonds. The van der Waals surface area contributed by atoms with E-state index < -0.39 is 0 Å². The maximum atomic E-state index is 5.21. The molecule has 0 unspecified atom stereocenters. The van der Waals surface area contributed by atoms with Crippen LogP contribution in [0.1, 0.15) is 0 Å². The Balaban J connectivity index is 1.10. The van der Waals surface area contributed by atoms with Gasteiger partial charge in [0.15, 0.2) is 17.5 Å². The van der Waals surface area contributed by atoms with Crippen molar-refractivity contribution in [2.45, 2.75) is 0 Å². The Morgan fingerprint density at radius 3 is 1.57 bits per heavy atom. The zero-order valence-electron chi connectivity index (χ0n) is 30.2.